The Kier molecular flexibility index (Phi) is 33.4. The second-order valence-corrected chi connectivity index (χ2v) is 21.7. The number of nitrogens with zero attached hydrogens (tertiary/aromatic N) is 2. The molecule has 0 bridgehead atoms. The van der Waals surface area contributed by atoms with Crippen LogP contribution in [0.5, 0.6) is 11.5 Å². The maximum absolute atomic E-state index is 14.4. The van der Waals surface area contributed by atoms with Crippen molar-refractivity contribution >= 4 is 71.0 Å². The van der Waals surface area contributed by atoms with Gasteiger partial charge < -0.3 is 85.7 Å². The zero-order valence-electron chi connectivity index (χ0n) is 50.1. The molecular weight excluding hydrogens is 1130 g/mol. The summed E-state index contributed by atoms with van der Waals surface area (Å²) in [5.74, 6) is -9.31. The number of aliphatic imine (C=N–C) groups is 1. The predicted molar refractivity (Wildman–Crippen MR) is 322 cm³/mol. The SMILES string of the molecule is CCCCCCCCCCCCCC[C@H](NC(=O)[C@H](Cc1ccc(O)cc1)NC(=O)[C@H](Cc1ccc(O)cc1)NC(=O)CNC(=O)[C@@H]1CCCN1C(=O)[C@H](CCC(N)=O)NC(=O)CNC(=O)[C@H](CCCN=C(N)N)NC(=O)[C@@H](N)CC(N)=O)C(=O)OC. The molecule has 7 atom stereocenters. The van der Waals surface area contributed by atoms with Crippen molar-refractivity contribution in [1.82, 2.24) is 42.1 Å². The summed E-state index contributed by atoms with van der Waals surface area (Å²) in [6.45, 7) is 0.848. The zero-order valence-corrected chi connectivity index (χ0v) is 50.1. The lowest BCUT2D eigenvalue weighted by atomic mass is 10.0. The molecule has 0 aliphatic carbocycles. The molecule has 1 aliphatic heterocycles. The lowest BCUT2D eigenvalue weighted by Gasteiger charge is -2.29. The number of guanidine groups is 1. The van der Waals surface area contributed by atoms with E-state index in [-0.39, 0.29) is 81.9 Å². The maximum atomic E-state index is 14.4. The van der Waals surface area contributed by atoms with Crippen molar-refractivity contribution < 1.29 is 67.7 Å². The Morgan fingerprint density at radius 1 is 0.575 bits per heavy atom. The second-order valence-electron chi connectivity index (χ2n) is 21.7. The van der Waals surface area contributed by atoms with Crippen LogP contribution >= 0.6 is 0 Å². The van der Waals surface area contributed by atoms with Crippen molar-refractivity contribution in [2.24, 2.45) is 33.7 Å². The van der Waals surface area contributed by atoms with E-state index in [0.29, 0.717) is 24.0 Å². The molecule has 2 aromatic carbocycles. The standard InChI is InChI=1S/C59H92N14O14/c1-3-4-5-6-7-8-9-10-11-12-13-14-17-44(58(86)87-2)71-55(83)46(33-38-22-26-40(75)27-23-38)72-54(82)45(32-37-20-24-39(74)25-21-37)69-51(79)36-67-56(84)47-19-16-31-73(47)57(85)43(28-29-48(61)76)68-50(78)35-66-53(81)42(18-15-30-65-59(63)64)70-52(80)41(60)34-49(62)77/h20-27,41-47,74-75H,3-19,28-36,60H2,1-2H3,(H2,61,76)(H2,62,77)(H,66,81)(H,67,84)(H,68,78)(H,69,79)(H,70,80)(H,71,83)(H,72,82)(H4,63,64,65)/t41-,42-,43-,44-,45-,46-,47-/m0/s1. The number of likely N-dealkylation sites (tertiary alicyclic amines) is 1. The number of hydrogen-bond donors (Lipinski definition) is 14. The first-order valence-corrected chi connectivity index (χ1v) is 29.9. The van der Waals surface area contributed by atoms with Crippen LogP contribution in [0, 0.1) is 0 Å². The molecule has 0 saturated carbocycles. The Balaban J connectivity index is 1.73. The van der Waals surface area contributed by atoms with E-state index >= 15 is 0 Å². The summed E-state index contributed by atoms with van der Waals surface area (Å²) in [5, 5.41) is 37.8. The third kappa shape index (κ3) is 28.9. The summed E-state index contributed by atoms with van der Waals surface area (Å²) in [4.78, 5) is 151. The molecule has 10 amide bonds. The Hall–Kier alpha value is -8.56. The first-order valence-electron chi connectivity index (χ1n) is 29.9. The van der Waals surface area contributed by atoms with Gasteiger partial charge in [-0.2, -0.15) is 0 Å². The molecule has 1 heterocycles. The number of nitrogens with two attached hydrogens (primary N) is 5. The Labute approximate surface area is 507 Å². The van der Waals surface area contributed by atoms with Crippen molar-refractivity contribution in [2.45, 2.75) is 190 Å². The molecule has 0 aromatic heterocycles. The minimum Gasteiger partial charge on any atom is -0.508 e. The van der Waals surface area contributed by atoms with Crippen molar-refractivity contribution in [1.29, 1.82) is 0 Å². The molecule has 0 spiro atoms. The second kappa shape index (κ2) is 39.9. The van der Waals surface area contributed by atoms with Gasteiger partial charge in [-0.3, -0.25) is 52.9 Å². The first kappa shape index (κ1) is 72.7. The molecule has 19 N–H and O–H groups in total. The lowest BCUT2D eigenvalue weighted by Crippen LogP contribution is -2.58. The van der Waals surface area contributed by atoms with Gasteiger partial charge in [0, 0.05) is 32.4 Å². The number of benzene rings is 2. The predicted octanol–water partition coefficient (Wildman–Crippen LogP) is -0.684. The van der Waals surface area contributed by atoms with Gasteiger partial charge in [0.1, 0.15) is 47.8 Å². The number of esters is 1. The highest BCUT2D eigenvalue weighted by Gasteiger charge is 2.38. The first-order chi connectivity index (χ1) is 41.5. The average Bonchev–Trinajstić information content (AvgIpc) is 2.90. The van der Waals surface area contributed by atoms with Crippen LogP contribution in [0.4, 0.5) is 0 Å². The van der Waals surface area contributed by atoms with Crippen LogP contribution in [0.25, 0.3) is 0 Å². The van der Waals surface area contributed by atoms with Crippen molar-refractivity contribution in [3.05, 3.63) is 59.7 Å². The molecular formula is C59H92N14O14. The van der Waals surface area contributed by atoms with Gasteiger partial charge in [-0.05, 0) is 73.9 Å². The fourth-order valence-electron chi connectivity index (χ4n) is 9.75. The van der Waals surface area contributed by atoms with E-state index in [1.807, 2.05) is 0 Å². The molecule has 1 aliphatic rings. The third-order valence-corrected chi connectivity index (χ3v) is 14.5. The van der Waals surface area contributed by atoms with Gasteiger partial charge in [0.2, 0.25) is 59.1 Å². The highest BCUT2D eigenvalue weighted by molar-refractivity contribution is 5.97. The number of rotatable bonds is 42. The molecule has 87 heavy (non-hydrogen) atoms. The van der Waals surface area contributed by atoms with Crippen LogP contribution in [-0.2, 0) is 70.3 Å². The zero-order chi connectivity index (χ0) is 64.3. The van der Waals surface area contributed by atoms with Gasteiger partial charge in [-0.1, -0.05) is 108 Å². The van der Waals surface area contributed by atoms with Crippen LogP contribution in [0.15, 0.2) is 53.5 Å². The van der Waals surface area contributed by atoms with Gasteiger partial charge >= 0.3 is 5.97 Å². The maximum Gasteiger partial charge on any atom is 0.328 e. The number of phenols is 2. The van der Waals surface area contributed by atoms with E-state index in [0.717, 1.165) is 25.7 Å². The molecule has 482 valence electrons. The molecule has 3 rings (SSSR count). The highest BCUT2D eigenvalue weighted by Crippen LogP contribution is 2.21. The topological polar surface area (TPSA) is 467 Å². The highest BCUT2D eigenvalue weighted by atomic mass is 16.5. The number of carbonyl (C=O) groups is 11. The van der Waals surface area contributed by atoms with Gasteiger partial charge in [0.25, 0.3) is 0 Å². The minimum absolute atomic E-state index is 0.0233. The third-order valence-electron chi connectivity index (χ3n) is 14.5. The number of aromatic hydroxyl groups is 2. The number of nitrogens with one attached hydrogen (secondary N) is 7. The summed E-state index contributed by atoms with van der Waals surface area (Å²) in [7, 11) is 1.21. The number of phenolic OH excluding ortho intramolecular Hbond substituents is 2. The van der Waals surface area contributed by atoms with Gasteiger partial charge in [0.05, 0.1) is 32.7 Å². The molecule has 28 heteroatoms. The Bertz CT molecular complexity index is 2600. The normalized spacial score (nSPS) is 14.7. The number of ether oxygens (including phenoxy) is 1. The number of hydrogen-bond acceptors (Lipinski definition) is 16. The molecule has 2 aromatic rings. The summed E-state index contributed by atoms with van der Waals surface area (Å²) in [5.41, 5.74) is 28.1. The average molecular weight is 1220 g/mol. The number of amides is 10. The summed E-state index contributed by atoms with van der Waals surface area (Å²) >= 11 is 0. The van der Waals surface area contributed by atoms with E-state index < -0.39 is 127 Å². The quantitative estimate of drug-likeness (QED) is 0.0169. The smallest absolute Gasteiger partial charge is 0.328 e. The van der Waals surface area contributed by atoms with E-state index in [1.165, 1.54) is 93.4 Å². The van der Waals surface area contributed by atoms with Crippen LogP contribution < -0.4 is 65.9 Å². The minimum atomic E-state index is -1.44. The number of unbranched alkanes of at least 4 members (excludes halogenated alkanes) is 11. The Morgan fingerprint density at radius 3 is 1.57 bits per heavy atom. The lowest BCUT2D eigenvalue weighted by molar-refractivity contribution is -0.145. The summed E-state index contributed by atoms with van der Waals surface area (Å²) in [6.07, 6.45) is 12.6. The van der Waals surface area contributed by atoms with Crippen molar-refractivity contribution in [2.75, 3.05) is 33.3 Å². The fraction of sp³-hybridized carbons (Fsp3) is 0.593. The summed E-state index contributed by atoms with van der Waals surface area (Å²) in [6, 6.07) is 2.66. The fourth-order valence-corrected chi connectivity index (χ4v) is 9.75. The molecule has 1 saturated heterocycles. The Morgan fingerprint density at radius 2 is 1.06 bits per heavy atom. The number of primary amides is 2. The van der Waals surface area contributed by atoms with Crippen LogP contribution in [0.3, 0.4) is 0 Å². The van der Waals surface area contributed by atoms with Crippen LogP contribution in [0.2, 0.25) is 0 Å². The van der Waals surface area contributed by atoms with E-state index in [9.17, 15) is 63.0 Å². The molecule has 1 fully saturated rings. The van der Waals surface area contributed by atoms with Gasteiger partial charge in [-0.25, -0.2) is 4.79 Å². The van der Waals surface area contributed by atoms with Crippen molar-refractivity contribution in [3.8, 4) is 11.5 Å². The van der Waals surface area contributed by atoms with Gasteiger partial charge in [0.15, 0.2) is 5.96 Å². The molecule has 0 radical (unpaired) electrons. The number of carbonyl (C=O) groups excluding carboxylic acids is 11. The monoisotopic (exact) mass is 1220 g/mol. The molecule has 28 nitrogen and oxygen atoms in total. The van der Waals surface area contributed by atoms with E-state index in [1.54, 1.807) is 12.1 Å². The van der Waals surface area contributed by atoms with E-state index in [4.69, 9.17) is 33.4 Å². The largest absolute Gasteiger partial charge is 0.508 e. The van der Waals surface area contributed by atoms with E-state index in [2.05, 4.69) is 49.1 Å². The molecule has 0 unspecified atom stereocenters. The van der Waals surface area contributed by atoms with Gasteiger partial charge in [-0.15, -0.1) is 0 Å². The van der Waals surface area contributed by atoms with Crippen LogP contribution in [0.1, 0.15) is 146 Å². The summed E-state index contributed by atoms with van der Waals surface area (Å²) < 4.78 is 5.05. The number of methoxy groups -OCH3 is 1. The van der Waals surface area contributed by atoms with Crippen molar-refractivity contribution in [3.63, 3.8) is 0 Å². The van der Waals surface area contributed by atoms with Crippen LogP contribution in [-0.4, -0.2) is 162 Å².